The van der Waals surface area contributed by atoms with Crippen molar-refractivity contribution in [3.8, 4) is 10.4 Å². The summed E-state index contributed by atoms with van der Waals surface area (Å²) in [4.78, 5) is 13.5. The van der Waals surface area contributed by atoms with Crippen LogP contribution >= 0.6 is 11.3 Å². The SMILES string of the molecule is CC(C)(O)c1ccc(-c2cnc(N3CC4(CC4)c4cc[c]cc43)nc2)s1. The summed E-state index contributed by atoms with van der Waals surface area (Å²) in [7, 11) is 0. The number of rotatable bonds is 3. The van der Waals surface area contributed by atoms with Crippen LogP contribution in [0.25, 0.3) is 10.4 Å². The van der Waals surface area contributed by atoms with Crippen molar-refractivity contribution in [2.75, 3.05) is 11.4 Å². The minimum Gasteiger partial charge on any atom is -0.385 e. The van der Waals surface area contributed by atoms with E-state index in [1.54, 1.807) is 25.2 Å². The van der Waals surface area contributed by atoms with Crippen LogP contribution < -0.4 is 4.90 Å². The Bertz CT molecular complexity index is 967. The maximum absolute atomic E-state index is 10.2. The number of benzene rings is 1. The van der Waals surface area contributed by atoms with Crippen molar-refractivity contribution in [1.29, 1.82) is 0 Å². The normalized spacial score (nSPS) is 17.6. The van der Waals surface area contributed by atoms with Crippen molar-refractivity contribution in [3.63, 3.8) is 0 Å². The number of fused-ring (bicyclic) bond motifs is 2. The van der Waals surface area contributed by atoms with E-state index in [9.17, 15) is 5.11 Å². The van der Waals surface area contributed by atoms with Crippen LogP contribution in [0.5, 0.6) is 0 Å². The third-order valence-corrected chi connectivity index (χ3v) is 6.84. The first-order valence-electron chi connectivity index (χ1n) is 8.90. The summed E-state index contributed by atoms with van der Waals surface area (Å²) in [5, 5.41) is 10.2. The first-order chi connectivity index (χ1) is 12.5. The van der Waals surface area contributed by atoms with E-state index in [1.807, 2.05) is 30.6 Å². The van der Waals surface area contributed by atoms with Gasteiger partial charge in [0.25, 0.3) is 0 Å². The zero-order chi connectivity index (χ0) is 17.9. The molecule has 1 N–H and O–H groups in total. The van der Waals surface area contributed by atoms with Gasteiger partial charge in [-0.1, -0.05) is 12.1 Å². The molecule has 1 aliphatic heterocycles. The van der Waals surface area contributed by atoms with Crippen LogP contribution in [0.3, 0.4) is 0 Å². The molecule has 2 aliphatic rings. The highest BCUT2D eigenvalue weighted by Crippen LogP contribution is 2.57. The Labute approximate surface area is 157 Å². The highest BCUT2D eigenvalue weighted by atomic mass is 32.1. The molecule has 0 saturated heterocycles. The summed E-state index contributed by atoms with van der Waals surface area (Å²) in [5.74, 6) is 0.748. The monoisotopic (exact) mass is 362 g/mol. The van der Waals surface area contributed by atoms with Crippen LogP contribution in [0.4, 0.5) is 11.6 Å². The van der Waals surface area contributed by atoms with E-state index < -0.39 is 5.60 Å². The van der Waals surface area contributed by atoms with E-state index in [0.717, 1.165) is 27.8 Å². The lowest BCUT2D eigenvalue weighted by Crippen LogP contribution is -2.21. The molecule has 0 bridgehead atoms. The van der Waals surface area contributed by atoms with Crippen LogP contribution in [0.15, 0.2) is 42.7 Å². The first kappa shape index (κ1) is 16.0. The van der Waals surface area contributed by atoms with Gasteiger partial charge >= 0.3 is 0 Å². The van der Waals surface area contributed by atoms with E-state index in [-0.39, 0.29) is 0 Å². The second kappa shape index (κ2) is 5.38. The third kappa shape index (κ3) is 2.46. The fraction of sp³-hybridized carbons (Fsp3) is 0.333. The van der Waals surface area contributed by atoms with E-state index in [4.69, 9.17) is 0 Å². The Morgan fingerprint density at radius 2 is 1.96 bits per heavy atom. The molecular formula is C21H20N3OS. The summed E-state index contributed by atoms with van der Waals surface area (Å²) in [6.45, 7) is 4.57. The Balaban J connectivity index is 1.45. The minimum absolute atomic E-state index is 0.307. The van der Waals surface area contributed by atoms with Gasteiger partial charge in [0.1, 0.15) is 0 Å². The molecule has 5 rings (SSSR count). The van der Waals surface area contributed by atoms with E-state index in [0.29, 0.717) is 5.41 Å². The molecule has 4 nitrogen and oxygen atoms in total. The van der Waals surface area contributed by atoms with Crippen molar-refractivity contribution < 1.29 is 5.11 Å². The molecule has 0 amide bonds. The van der Waals surface area contributed by atoms with Gasteiger partial charge in [0.2, 0.25) is 5.95 Å². The van der Waals surface area contributed by atoms with Gasteiger partial charge < -0.3 is 10.0 Å². The lowest BCUT2D eigenvalue weighted by molar-refractivity contribution is 0.0825. The molecule has 1 aliphatic carbocycles. The number of hydrogen-bond donors (Lipinski definition) is 1. The molecule has 0 atom stereocenters. The van der Waals surface area contributed by atoms with Crippen LogP contribution in [-0.4, -0.2) is 21.6 Å². The van der Waals surface area contributed by atoms with Gasteiger partial charge in [-0.25, -0.2) is 9.97 Å². The van der Waals surface area contributed by atoms with Gasteiger partial charge in [-0.3, -0.25) is 0 Å². The van der Waals surface area contributed by atoms with Crippen LogP contribution in [0, 0.1) is 6.07 Å². The Kier molecular flexibility index (Phi) is 3.30. The highest BCUT2D eigenvalue weighted by molar-refractivity contribution is 7.15. The molecule has 5 heteroatoms. The zero-order valence-corrected chi connectivity index (χ0v) is 15.7. The Morgan fingerprint density at radius 1 is 1.19 bits per heavy atom. The lowest BCUT2D eigenvalue weighted by Gasteiger charge is -2.17. The van der Waals surface area contributed by atoms with Crippen molar-refractivity contribution in [2.24, 2.45) is 0 Å². The van der Waals surface area contributed by atoms with Gasteiger partial charge in [-0.05, 0) is 56.5 Å². The number of nitrogens with zero attached hydrogens (tertiary/aromatic N) is 3. The fourth-order valence-corrected chi connectivity index (χ4v) is 4.71. The van der Waals surface area contributed by atoms with Gasteiger partial charge in [-0.15, -0.1) is 11.3 Å². The quantitative estimate of drug-likeness (QED) is 0.749. The van der Waals surface area contributed by atoms with Gasteiger partial charge in [0, 0.05) is 45.4 Å². The second-order valence-electron chi connectivity index (χ2n) is 7.80. The van der Waals surface area contributed by atoms with Gasteiger partial charge in [-0.2, -0.15) is 0 Å². The average molecular weight is 362 g/mol. The van der Waals surface area contributed by atoms with E-state index in [2.05, 4.69) is 33.1 Å². The molecule has 3 heterocycles. The molecule has 1 fully saturated rings. The zero-order valence-electron chi connectivity index (χ0n) is 14.9. The second-order valence-corrected chi connectivity index (χ2v) is 8.89. The molecule has 3 aromatic rings. The van der Waals surface area contributed by atoms with Gasteiger partial charge in [0.05, 0.1) is 5.60 Å². The largest absolute Gasteiger partial charge is 0.385 e. The summed E-state index contributed by atoms with van der Waals surface area (Å²) >= 11 is 1.58. The summed E-state index contributed by atoms with van der Waals surface area (Å²) in [6.07, 6.45) is 6.25. The van der Waals surface area contributed by atoms with Crippen molar-refractivity contribution in [3.05, 3.63) is 59.2 Å². The molecule has 1 aromatic carbocycles. The number of hydrogen-bond acceptors (Lipinski definition) is 5. The van der Waals surface area contributed by atoms with Crippen LogP contribution in [0.2, 0.25) is 0 Å². The van der Waals surface area contributed by atoms with Crippen molar-refractivity contribution >= 4 is 23.0 Å². The van der Waals surface area contributed by atoms with Crippen molar-refractivity contribution in [1.82, 2.24) is 9.97 Å². The topological polar surface area (TPSA) is 49.3 Å². The third-order valence-electron chi connectivity index (χ3n) is 5.39. The average Bonchev–Trinajstić information content (AvgIpc) is 3.10. The molecule has 1 spiro atoms. The minimum atomic E-state index is -0.821. The molecule has 26 heavy (non-hydrogen) atoms. The van der Waals surface area contributed by atoms with Crippen molar-refractivity contribution in [2.45, 2.75) is 37.7 Å². The van der Waals surface area contributed by atoms with E-state index in [1.165, 1.54) is 24.1 Å². The molecule has 1 saturated carbocycles. The summed E-state index contributed by atoms with van der Waals surface area (Å²) < 4.78 is 0. The predicted octanol–water partition coefficient (Wildman–Crippen LogP) is 4.42. The van der Waals surface area contributed by atoms with Crippen LogP contribution in [0.1, 0.15) is 37.1 Å². The molecule has 2 aromatic heterocycles. The summed E-state index contributed by atoms with van der Waals surface area (Å²) in [6, 6.07) is 13.4. The molecule has 0 unspecified atom stereocenters. The van der Waals surface area contributed by atoms with E-state index >= 15 is 0 Å². The first-order valence-corrected chi connectivity index (χ1v) is 9.71. The molecular weight excluding hydrogens is 342 g/mol. The maximum atomic E-state index is 10.2. The number of aliphatic hydroxyl groups is 1. The number of aromatic nitrogens is 2. The number of thiophene rings is 1. The molecule has 1 radical (unpaired) electrons. The Morgan fingerprint density at radius 3 is 2.62 bits per heavy atom. The smallest absolute Gasteiger partial charge is 0.229 e. The lowest BCUT2D eigenvalue weighted by atomic mass is 9.99. The summed E-state index contributed by atoms with van der Waals surface area (Å²) in [5.41, 5.74) is 3.07. The van der Waals surface area contributed by atoms with Gasteiger partial charge in [0.15, 0.2) is 0 Å². The highest BCUT2D eigenvalue weighted by Gasteiger charge is 2.52. The standard InChI is InChI=1S/C21H20N3OS/c1-20(2,25)18-8-7-17(26-18)14-11-22-19(23-12-14)24-13-21(9-10-21)15-5-3-4-6-16(15)24/h3,5-8,11-12,25H,9-10,13H2,1-2H3. The maximum Gasteiger partial charge on any atom is 0.229 e. The Hall–Kier alpha value is -2.24. The number of anilines is 2. The molecule has 131 valence electrons. The van der Waals surface area contributed by atoms with Crippen LogP contribution in [-0.2, 0) is 11.0 Å². The fourth-order valence-electron chi connectivity index (χ4n) is 3.73. The predicted molar refractivity (Wildman–Crippen MR) is 104 cm³/mol.